The van der Waals surface area contributed by atoms with Crippen LogP contribution >= 0.6 is 24.0 Å². The number of fused-ring (bicyclic) bond motifs is 1. The van der Waals surface area contributed by atoms with Gasteiger partial charge in [-0.15, -0.1) is 0 Å². The first-order chi connectivity index (χ1) is 5.85. The van der Waals surface area contributed by atoms with Gasteiger partial charge in [-0.2, -0.15) is 0 Å². The molecule has 2 heterocycles. The summed E-state index contributed by atoms with van der Waals surface area (Å²) in [6.07, 6.45) is 0. The summed E-state index contributed by atoms with van der Waals surface area (Å²) in [6, 6.07) is 0. The van der Waals surface area contributed by atoms with Crippen LogP contribution in [0.2, 0.25) is 0 Å². The number of thioether (sulfide) groups is 1. The standard InChI is InChI=1S/C7H11NO2S3/c1-7-4-13(9,10)3-5(7)12-6(11)8(7)2/h5H,3-4H2,1-2H3/t5-,7-/m0/s1. The molecule has 0 bridgehead atoms. The van der Waals surface area contributed by atoms with Gasteiger partial charge in [0.2, 0.25) is 0 Å². The lowest BCUT2D eigenvalue weighted by Crippen LogP contribution is -2.46. The molecule has 0 spiro atoms. The summed E-state index contributed by atoms with van der Waals surface area (Å²) in [5.74, 6) is 0.521. The van der Waals surface area contributed by atoms with E-state index in [1.165, 1.54) is 11.8 Å². The Morgan fingerprint density at radius 2 is 2.31 bits per heavy atom. The monoisotopic (exact) mass is 237 g/mol. The first-order valence-electron chi connectivity index (χ1n) is 4.00. The zero-order valence-electron chi connectivity index (χ0n) is 7.48. The molecule has 0 aromatic heterocycles. The van der Waals surface area contributed by atoms with Crippen molar-refractivity contribution >= 4 is 38.1 Å². The van der Waals surface area contributed by atoms with Crippen molar-refractivity contribution in [1.82, 2.24) is 4.90 Å². The van der Waals surface area contributed by atoms with E-state index in [9.17, 15) is 8.42 Å². The van der Waals surface area contributed by atoms with Crippen molar-refractivity contribution in [3.63, 3.8) is 0 Å². The van der Waals surface area contributed by atoms with E-state index < -0.39 is 9.84 Å². The largest absolute Gasteiger partial charge is 0.353 e. The van der Waals surface area contributed by atoms with Crippen LogP contribution in [0.25, 0.3) is 0 Å². The Morgan fingerprint density at radius 3 is 2.85 bits per heavy atom. The van der Waals surface area contributed by atoms with Crippen LogP contribution in [0.3, 0.4) is 0 Å². The summed E-state index contributed by atoms with van der Waals surface area (Å²) in [4.78, 5) is 1.93. The molecule has 2 rings (SSSR count). The molecule has 0 amide bonds. The summed E-state index contributed by atoms with van der Waals surface area (Å²) < 4.78 is 23.7. The Hall–Kier alpha value is 0.190. The fraction of sp³-hybridized carbons (Fsp3) is 0.857. The van der Waals surface area contributed by atoms with Crippen molar-refractivity contribution in [2.24, 2.45) is 0 Å². The molecule has 2 atom stereocenters. The molecule has 2 saturated heterocycles. The van der Waals surface area contributed by atoms with Crippen molar-refractivity contribution in [3.05, 3.63) is 0 Å². The molecule has 0 unspecified atom stereocenters. The zero-order chi connectivity index (χ0) is 9.85. The molecule has 6 heteroatoms. The van der Waals surface area contributed by atoms with Gasteiger partial charge in [0.05, 0.1) is 17.0 Å². The summed E-state index contributed by atoms with van der Waals surface area (Å²) in [6.45, 7) is 1.98. The van der Waals surface area contributed by atoms with E-state index in [0.29, 0.717) is 0 Å². The van der Waals surface area contributed by atoms with Gasteiger partial charge < -0.3 is 4.90 Å². The SMILES string of the molecule is CN1C(=S)S[C@H]2CS(=O)(=O)C[C@@]21C. The van der Waals surface area contributed by atoms with Crippen molar-refractivity contribution < 1.29 is 8.42 Å². The average molecular weight is 237 g/mol. The third kappa shape index (κ3) is 1.30. The normalized spacial score (nSPS) is 42.5. The molecule has 0 aromatic rings. The van der Waals surface area contributed by atoms with Crippen LogP contribution in [0.5, 0.6) is 0 Å². The molecule has 2 aliphatic rings. The Balaban J connectivity index is 2.41. The maximum atomic E-state index is 11.4. The fourth-order valence-corrected chi connectivity index (χ4v) is 6.78. The van der Waals surface area contributed by atoms with E-state index in [4.69, 9.17) is 12.2 Å². The van der Waals surface area contributed by atoms with E-state index in [2.05, 4.69) is 0 Å². The first-order valence-corrected chi connectivity index (χ1v) is 7.11. The van der Waals surface area contributed by atoms with Gasteiger partial charge in [-0.1, -0.05) is 24.0 Å². The van der Waals surface area contributed by atoms with Gasteiger partial charge in [0.25, 0.3) is 0 Å². The quantitative estimate of drug-likeness (QED) is 0.574. The number of rotatable bonds is 0. The van der Waals surface area contributed by atoms with Gasteiger partial charge in [-0.05, 0) is 6.92 Å². The topological polar surface area (TPSA) is 37.4 Å². The van der Waals surface area contributed by atoms with Crippen molar-refractivity contribution in [2.45, 2.75) is 17.7 Å². The van der Waals surface area contributed by atoms with Crippen LogP contribution in [-0.2, 0) is 9.84 Å². The van der Waals surface area contributed by atoms with E-state index in [-0.39, 0.29) is 22.3 Å². The second-order valence-electron chi connectivity index (χ2n) is 3.84. The van der Waals surface area contributed by atoms with Gasteiger partial charge in [-0.3, -0.25) is 0 Å². The fourth-order valence-electron chi connectivity index (χ4n) is 1.89. The number of thiocarbonyl (C=S) groups is 1. The van der Waals surface area contributed by atoms with Gasteiger partial charge >= 0.3 is 0 Å². The number of nitrogens with zero attached hydrogens (tertiary/aromatic N) is 1. The van der Waals surface area contributed by atoms with Crippen molar-refractivity contribution in [2.75, 3.05) is 18.6 Å². The van der Waals surface area contributed by atoms with Crippen LogP contribution in [0.4, 0.5) is 0 Å². The maximum Gasteiger partial charge on any atom is 0.153 e. The third-order valence-corrected chi connectivity index (χ3v) is 6.97. The van der Waals surface area contributed by atoms with Crippen molar-refractivity contribution in [1.29, 1.82) is 0 Å². The molecule has 3 nitrogen and oxygen atoms in total. The minimum absolute atomic E-state index is 0.134. The van der Waals surface area contributed by atoms with Crippen LogP contribution in [0.1, 0.15) is 6.92 Å². The van der Waals surface area contributed by atoms with Crippen LogP contribution in [0, 0.1) is 0 Å². The minimum Gasteiger partial charge on any atom is -0.353 e. The van der Waals surface area contributed by atoms with Crippen LogP contribution in [-0.4, -0.2) is 47.0 Å². The molecule has 2 aliphatic heterocycles. The Bertz CT molecular complexity index is 364. The predicted octanol–water partition coefficient (Wildman–Crippen LogP) is 0.506. The molecule has 0 aliphatic carbocycles. The van der Waals surface area contributed by atoms with Crippen LogP contribution in [0.15, 0.2) is 0 Å². The predicted molar refractivity (Wildman–Crippen MR) is 58.8 cm³/mol. The molecule has 2 fully saturated rings. The molecule has 0 N–H and O–H groups in total. The smallest absolute Gasteiger partial charge is 0.153 e. The maximum absolute atomic E-state index is 11.4. The highest BCUT2D eigenvalue weighted by atomic mass is 32.2. The summed E-state index contributed by atoms with van der Waals surface area (Å²) in [5.41, 5.74) is -0.263. The molecule has 13 heavy (non-hydrogen) atoms. The van der Waals surface area contributed by atoms with E-state index >= 15 is 0 Å². The zero-order valence-corrected chi connectivity index (χ0v) is 9.93. The van der Waals surface area contributed by atoms with Gasteiger partial charge in [0.1, 0.15) is 4.32 Å². The van der Waals surface area contributed by atoms with E-state index in [1.807, 2.05) is 18.9 Å². The molecule has 74 valence electrons. The Kier molecular flexibility index (Phi) is 1.95. The van der Waals surface area contributed by atoms with Crippen molar-refractivity contribution in [3.8, 4) is 0 Å². The lowest BCUT2D eigenvalue weighted by atomic mass is 10.0. The van der Waals surface area contributed by atoms with Gasteiger partial charge in [0.15, 0.2) is 9.84 Å². The summed E-state index contributed by atoms with van der Waals surface area (Å²) >= 11 is 6.66. The average Bonchev–Trinajstić information content (AvgIpc) is 2.29. The lowest BCUT2D eigenvalue weighted by molar-refractivity contribution is 0.289. The molecular formula is C7H11NO2S3. The first kappa shape index (κ1) is 9.73. The highest BCUT2D eigenvalue weighted by Crippen LogP contribution is 2.44. The second kappa shape index (κ2) is 2.61. The number of sulfone groups is 1. The highest BCUT2D eigenvalue weighted by molar-refractivity contribution is 8.24. The molecule has 0 aromatic carbocycles. The van der Waals surface area contributed by atoms with Crippen LogP contribution < -0.4 is 0 Å². The number of hydrogen-bond donors (Lipinski definition) is 0. The Morgan fingerprint density at radius 1 is 1.69 bits per heavy atom. The molecular weight excluding hydrogens is 226 g/mol. The second-order valence-corrected chi connectivity index (χ2v) is 7.79. The minimum atomic E-state index is -2.84. The molecule has 0 saturated carbocycles. The molecule has 0 radical (unpaired) electrons. The highest BCUT2D eigenvalue weighted by Gasteiger charge is 2.55. The van der Waals surface area contributed by atoms with Gasteiger partial charge in [-0.25, -0.2) is 8.42 Å². The Labute approximate surface area is 87.8 Å². The third-order valence-electron chi connectivity index (χ3n) is 2.89. The summed E-state index contributed by atoms with van der Waals surface area (Å²) in [7, 11) is -0.957. The van der Waals surface area contributed by atoms with E-state index in [1.54, 1.807) is 0 Å². The lowest BCUT2D eigenvalue weighted by Gasteiger charge is -2.30. The van der Waals surface area contributed by atoms with Gasteiger partial charge in [0, 0.05) is 12.3 Å². The van der Waals surface area contributed by atoms with E-state index in [0.717, 1.165) is 4.32 Å². The number of hydrogen-bond acceptors (Lipinski definition) is 4. The summed E-state index contributed by atoms with van der Waals surface area (Å²) in [5, 5.41) is 0.134.